The van der Waals surface area contributed by atoms with Gasteiger partial charge in [-0.25, -0.2) is 0 Å². The van der Waals surface area contributed by atoms with Crippen molar-refractivity contribution >= 4 is 34.2 Å². The molecule has 4 heteroatoms. The van der Waals surface area contributed by atoms with Crippen molar-refractivity contribution in [2.24, 2.45) is 0 Å². The van der Waals surface area contributed by atoms with E-state index in [2.05, 4.69) is 39.7 Å². The number of rotatable bonds is 2. The number of nitrogens with one attached hydrogen (secondary N) is 1. The largest absolute Gasteiger partial charge is 0.281 e. The van der Waals surface area contributed by atoms with Crippen LogP contribution in [0.15, 0.2) is 24.3 Å². The van der Waals surface area contributed by atoms with E-state index in [0.717, 1.165) is 20.7 Å². The molecule has 0 radical (unpaired) electrons. The minimum Gasteiger partial charge on any atom is -0.281 e. The molecule has 2 rings (SSSR count). The van der Waals surface area contributed by atoms with Gasteiger partial charge in [-0.3, -0.25) is 5.10 Å². The molecule has 15 heavy (non-hydrogen) atoms. The van der Waals surface area contributed by atoms with Crippen LogP contribution in [0.5, 0.6) is 0 Å². The molecule has 0 saturated heterocycles. The van der Waals surface area contributed by atoms with E-state index in [1.807, 2.05) is 24.3 Å². The van der Waals surface area contributed by atoms with Crippen LogP contribution in [0.4, 0.5) is 0 Å². The van der Waals surface area contributed by atoms with Crippen molar-refractivity contribution < 1.29 is 0 Å². The van der Waals surface area contributed by atoms with E-state index >= 15 is 0 Å². The van der Waals surface area contributed by atoms with Gasteiger partial charge in [0.1, 0.15) is 3.70 Å². The van der Waals surface area contributed by atoms with Crippen molar-refractivity contribution in [3.05, 3.63) is 38.7 Å². The molecular weight excluding hydrogens is 322 g/mol. The molecule has 78 valence electrons. The first-order chi connectivity index (χ1) is 7.22. The summed E-state index contributed by atoms with van der Waals surface area (Å²) in [5, 5.41) is 8.02. The maximum Gasteiger partial charge on any atom is 0.131 e. The molecule has 0 atom stereocenters. The van der Waals surface area contributed by atoms with Gasteiger partial charge in [0.2, 0.25) is 0 Å². The van der Waals surface area contributed by atoms with Gasteiger partial charge in [0.05, 0.1) is 0 Å². The number of aromatic amines is 1. The Balaban J connectivity index is 2.52. The number of halogens is 2. The summed E-state index contributed by atoms with van der Waals surface area (Å²) in [4.78, 5) is 0. The molecule has 2 aromatic rings. The van der Waals surface area contributed by atoms with E-state index in [1.54, 1.807) is 0 Å². The summed E-state index contributed by atoms with van der Waals surface area (Å²) >= 11 is 8.10. The smallest absolute Gasteiger partial charge is 0.131 e. The third-order valence-corrected chi connectivity index (χ3v) is 3.32. The highest BCUT2D eigenvalue weighted by atomic mass is 127. The fraction of sp³-hybridized carbons (Fsp3) is 0.182. The topological polar surface area (TPSA) is 28.7 Å². The second-order valence-corrected chi connectivity index (χ2v) is 4.69. The number of aromatic nitrogens is 2. The lowest BCUT2D eigenvalue weighted by molar-refractivity contribution is 0.968. The molecular formula is C11H10ClIN2. The van der Waals surface area contributed by atoms with E-state index in [1.165, 1.54) is 11.3 Å². The first-order valence-electron chi connectivity index (χ1n) is 4.71. The van der Waals surface area contributed by atoms with Crippen LogP contribution in [-0.2, 0) is 6.42 Å². The maximum absolute atomic E-state index is 5.86. The van der Waals surface area contributed by atoms with Gasteiger partial charge in [0, 0.05) is 16.3 Å². The molecule has 0 unspecified atom stereocenters. The summed E-state index contributed by atoms with van der Waals surface area (Å²) in [6.07, 6.45) is 0.952. The molecule has 1 heterocycles. The molecule has 1 aromatic heterocycles. The Kier molecular flexibility index (Phi) is 3.31. The molecule has 0 fully saturated rings. The predicted molar refractivity (Wildman–Crippen MR) is 71.1 cm³/mol. The molecule has 0 saturated carbocycles. The SMILES string of the molecule is CCc1[nH]nc(I)c1-c1ccc(Cl)cc1. The summed E-state index contributed by atoms with van der Waals surface area (Å²) in [6.45, 7) is 2.11. The van der Waals surface area contributed by atoms with Crippen molar-refractivity contribution in [2.75, 3.05) is 0 Å². The molecule has 1 aromatic carbocycles. The summed E-state index contributed by atoms with van der Waals surface area (Å²) in [7, 11) is 0. The van der Waals surface area contributed by atoms with Crippen LogP contribution < -0.4 is 0 Å². The quantitative estimate of drug-likeness (QED) is 0.830. The summed E-state index contributed by atoms with van der Waals surface area (Å²) < 4.78 is 1.01. The van der Waals surface area contributed by atoms with Crippen molar-refractivity contribution in [3.63, 3.8) is 0 Å². The first-order valence-corrected chi connectivity index (χ1v) is 6.16. The van der Waals surface area contributed by atoms with Gasteiger partial charge >= 0.3 is 0 Å². The van der Waals surface area contributed by atoms with Crippen molar-refractivity contribution in [1.29, 1.82) is 0 Å². The number of hydrogen-bond acceptors (Lipinski definition) is 1. The molecule has 0 spiro atoms. The summed E-state index contributed by atoms with van der Waals surface area (Å²) in [6, 6.07) is 7.85. The van der Waals surface area contributed by atoms with Crippen LogP contribution in [-0.4, -0.2) is 10.2 Å². The summed E-state index contributed by atoms with van der Waals surface area (Å²) in [5.74, 6) is 0. The van der Waals surface area contributed by atoms with Crippen LogP contribution in [0.25, 0.3) is 11.1 Å². The fourth-order valence-electron chi connectivity index (χ4n) is 1.52. The lowest BCUT2D eigenvalue weighted by atomic mass is 10.1. The van der Waals surface area contributed by atoms with Gasteiger partial charge in [-0.2, -0.15) is 5.10 Å². The van der Waals surface area contributed by atoms with Gasteiger partial charge in [-0.1, -0.05) is 30.7 Å². The van der Waals surface area contributed by atoms with Crippen molar-refractivity contribution in [1.82, 2.24) is 10.2 Å². The Labute approximate surface area is 107 Å². The van der Waals surface area contributed by atoms with Gasteiger partial charge in [-0.15, -0.1) is 0 Å². The normalized spacial score (nSPS) is 10.6. The van der Waals surface area contributed by atoms with Crippen molar-refractivity contribution in [3.8, 4) is 11.1 Å². The Bertz CT molecular complexity index is 462. The average molecular weight is 333 g/mol. The van der Waals surface area contributed by atoms with Gasteiger partial charge in [-0.05, 0) is 46.7 Å². The molecule has 0 amide bonds. The summed E-state index contributed by atoms with van der Waals surface area (Å²) in [5.41, 5.74) is 3.52. The number of aryl methyl sites for hydroxylation is 1. The molecule has 1 N–H and O–H groups in total. The van der Waals surface area contributed by atoms with Crippen molar-refractivity contribution in [2.45, 2.75) is 13.3 Å². The van der Waals surface area contributed by atoms with Crippen LogP contribution in [0.3, 0.4) is 0 Å². The zero-order valence-corrected chi connectivity index (χ0v) is 11.1. The second kappa shape index (κ2) is 4.53. The standard InChI is InChI=1S/C11H10ClIN2/c1-2-9-10(11(13)15-14-9)7-3-5-8(12)6-4-7/h3-6H,2H2,1H3,(H,14,15). The van der Waals surface area contributed by atoms with Gasteiger partial charge in [0.15, 0.2) is 0 Å². The van der Waals surface area contributed by atoms with Crippen LogP contribution in [0, 0.1) is 3.70 Å². The lowest BCUT2D eigenvalue weighted by Crippen LogP contribution is -1.85. The van der Waals surface area contributed by atoms with E-state index in [9.17, 15) is 0 Å². The maximum atomic E-state index is 5.86. The molecule has 0 aliphatic heterocycles. The van der Waals surface area contributed by atoms with Crippen LogP contribution in [0.1, 0.15) is 12.6 Å². The highest BCUT2D eigenvalue weighted by molar-refractivity contribution is 14.1. The molecule has 0 bridgehead atoms. The van der Waals surface area contributed by atoms with Crippen LogP contribution >= 0.6 is 34.2 Å². The Morgan fingerprint density at radius 2 is 2.00 bits per heavy atom. The van der Waals surface area contributed by atoms with Gasteiger partial charge < -0.3 is 0 Å². The fourth-order valence-corrected chi connectivity index (χ4v) is 2.40. The number of hydrogen-bond donors (Lipinski definition) is 1. The Hall–Kier alpha value is -0.550. The van der Waals surface area contributed by atoms with Gasteiger partial charge in [0.25, 0.3) is 0 Å². The molecule has 0 aliphatic rings. The zero-order valence-electron chi connectivity index (χ0n) is 8.22. The van der Waals surface area contributed by atoms with E-state index < -0.39 is 0 Å². The average Bonchev–Trinajstić information content (AvgIpc) is 2.61. The Morgan fingerprint density at radius 1 is 1.33 bits per heavy atom. The highest BCUT2D eigenvalue weighted by Crippen LogP contribution is 2.28. The number of benzene rings is 1. The third-order valence-electron chi connectivity index (χ3n) is 2.28. The highest BCUT2D eigenvalue weighted by Gasteiger charge is 2.11. The minimum absolute atomic E-state index is 0.760. The number of H-pyrrole nitrogens is 1. The van der Waals surface area contributed by atoms with E-state index in [0.29, 0.717) is 0 Å². The monoisotopic (exact) mass is 332 g/mol. The van der Waals surface area contributed by atoms with E-state index in [4.69, 9.17) is 11.6 Å². The minimum atomic E-state index is 0.760. The Morgan fingerprint density at radius 3 is 2.60 bits per heavy atom. The van der Waals surface area contributed by atoms with Crippen LogP contribution in [0.2, 0.25) is 5.02 Å². The molecule has 2 nitrogen and oxygen atoms in total. The predicted octanol–water partition coefficient (Wildman–Crippen LogP) is 3.90. The number of nitrogens with zero attached hydrogens (tertiary/aromatic N) is 1. The second-order valence-electron chi connectivity index (χ2n) is 3.23. The first kappa shape index (κ1) is 11.0. The lowest BCUT2D eigenvalue weighted by Gasteiger charge is -2.02. The molecule has 0 aliphatic carbocycles. The van der Waals surface area contributed by atoms with E-state index in [-0.39, 0.29) is 0 Å². The third kappa shape index (κ3) is 2.18. The zero-order chi connectivity index (χ0) is 10.8.